The van der Waals surface area contributed by atoms with Crippen molar-refractivity contribution in [2.45, 2.75) is 0 Å². The number of aromatic amines is 1. The molecule has 21 heavy (non-hydrogen) atoms. The van der Waals surface area contributed by atoms with Crippen molar-refractivity contribution < 1.29 is 4.79 Å². The van der Waals surface area contributed by atoms with E-state index in [-0.39, 0.29) is 36.7 Å². The van der Waals surface area contributed by atoms with E-state index in [0.29, 0.717) is 17.0 Å². The molecule has 1 aromatic heterocycles. The quantitative estimate of drug-likeness (QED) is 0.297. The van der Waals surface area contributed by atoms with Gasteiger partial charge in [-0.05, 0) is 12.1 Å². The largest absolute Gasteiger partial charge is 0.369 e. The van der Waals surface area contributed by atoms with Crippen LogP contribution in [0.1, 0.15) is 10.4 Å². The lowest BCUT2D eigenvalue weighted by Crippen LogP contribution is -2.29. The van der Waals surface area contributed by atoms with E-state index in [2.05, 4.69) is 25.7 Å². The summed E-state index contributed by atoms with van der Waals surface area (Å²) in [6.45, 7) is 0. The van der Waals surface area contributed by atoms with Crippen LogP contribution in [-0.2, 0) is 0 Å². The predicted molar refractivity (Wildman–Crippen MR) is 84.0 cm³/mol. The summed E-state index contributed by atoms with van der Waals surface area (Å²) >= 11 is 0. The number of nitrogens with zero attached hydrogens (tertiary/aromatic N) is 3. The van der Waals surface area contributed by atoms with E-state index in [1.54, 1.807) is 24.3 Å². The van der Waals surface area contributed by atoms with Crippen molar-refractivity contribution in [2.24, 2.45) is 16.6 Å². The molecule has 1 amide bonds. The molecule has 2 rings (SSSR count). The number of hydrazone groups is 1. The average Bonchev–Trinajstić information content (AvgIpc) is 2.83. The number of aromatic nitrogens is 3. The van der Waals surface area contributed by atoms with Crippen molar-refractivity contribution in [3.05, 3.63) is 29.8 Å². The van der Waals surface area contributed by atoms with Crippen molar-refractivity contribution in [2.75, 3.05) is 5.73 Å². The van der Waals surface area contributed by atoms with Crippen LogP contribution < -0.4 is 22.6 Å². The first-order chi connectivity index (χ1) is 9.06. The van der Waals surface area contributed by atoms with Gasteiger partial charge < -0.3 is 17.2 Å². The van der Waals surface area contributed by atoms with E-state index in [4.69, 9.17) is 17.2 Å². The Morgan fingerprint density at radius 2 is 2.00 bits per heavy atom. The van der Waals surface area contributed by atoms with Crippen molar-refractivity contribution in [3.63, 3.8) is 0 Å². The zero-order chi connectivity index (χ0) is 13.8. The normalized spacial score (nSPS) is 8.95. The van der Waals surface area contributed by atoms with Crippen LogP contribution in [0.3, 0.4) is 0 Å². The lowest BCUT2D eigenvalue weighted by Gasteiger charge is -2.02. The molecule has 0 aliphatic carbocycles. The van der Waals surface area contributed by atoms with Gasteiger partial charge in [0.15, 0.2) is 5.82 Å². The Kier molecular flexibility index (Phi) is 6.97. The van der Waals surface area contributed by atoms with Gasteiger partial charge in [-0.15, -0.1) is 35.0 Å². The fourth-order valence-corrected chi connectivity index (χ4v) is 1.39. The molecule has 0 atom stereocenters. The number of halogens is 2. The first-order valence-corrected chi connectivity index (χ1v) is 5.23. The molecule has 0 aliphatic heterocycles. The number of hydrogen-bond acceptors (Lipinski definition) is 5. The number of anilines is 1. The summed E-state index contributed by atoms with van der Waals surface area (Å²) in [5, 5.41) is 9.79. The molecule has 0 fully saturated rings. The second-order valence-corrected chi connectivity index (χ2v) is 3.60. The molecule has 1 heterocycles. The third-order valence-corrected chi connectivity index (χ3v) is 2.19. The molecule has 0 bridgehead atoms. The number of nitrogens with two attached hydrogens (primary N) is 3. The standard InChI is InChI=1S/C10H12N8O.2ClH/c11-9(12)17-16-8(19)6-3-1-2-5(4-6)7-14-10(13)18-15-7;;/h1-4H,(H,16,19)(H4,11,12,17)(H3,13,14,15,18);2*1H. The molecule has 11 heteroatoms. The zero-order valence-electron chi connectivity index (χ0n) is 10.6. The van der Waals surface area contributed by atoms with E-state index in [1.165, 1.54) is 0 Å². The Labute approximate surface area is 132 Å². The highest BCUT2D eigenvalue weighted by molar-refractivity contribution is 5.95. The van der Waals surface area contributed by atoms with Gasteiger partial charge in [0.05, 0.1) is 0 Å². The van der Waals surface area contributed by atoms with Crippen molar-refractivity contribution in [1.82, 2.24) is 20.6 Å². The van der Waals surface area contributed by atoms with Gasteiger partial charge in [0.2, 0.25) is 11.9 Å². The minimum atomic E-state index is -0.442. The molecule has 0 unspecified atom stereocenters. The average molecular weight is 333 g/mol. The maximum atomic E-state index is 11.7. The number of hydrogen-bond donors (Lipinski definition) is 5. The second kappa shape index (κ2) is 7.92. The molecule has 0 aliphatic rings. The number of nitrogens with one attached hydrogen (secondary N) is 2. The van der Waals surface area contributed by atoms with E-state index in [9.17, 15) is 4.79 Å². The molecule has 0 saturated carbocycles. The number of nitrogen functional groups attached to an aromatic ring is 1. The highest BCUT2D eigenvalue weighted by Crippen LogP contribution is 2.16. The number of amides is 1. The summed E-state index contributed by atoms with van der Waals surface area (Å²) in [6, 6.07) is 6.67. The van der Waals surface area contributed by atoms with E-state index in [0.717, 1.165) is 0 Å². The Morgan fingerprint density at radius 1 is 1.29 bits per heavy atom. The fraction of sp³-hybridized carbons (Fsp3) is 0. The Bertz CT molecular complexity index is 637. The third-order valence-electron chi connectivity index (χ3n) is 2.19. The van der Waals surface area contributed by atoms with Crippen molar-refractivity contribution in [3.8, 4) is 11.4 Å². The molecule has 2 aromatic rings. The predicted octanol–water partition coefficient (Wildman–Crippen LogP) is -0.184. The van der Waals surface area contributed by atoms with Crippen LogP contribution in [0.4, 0.5) is 5.95 Å². The maximum absolute atomic E-state index is 11.7. The molecular weight excluding hydrogens is 319 g/mol. The van der Waals surface area contributed by atoms with E-state index in [1.807, 2.05) is 0 Å². The SMILES string of the molecule is Cl.Cl.NC(N)=NNC(=O)c1cccc(-c2nc(N)n[nH]2)c1. The highest BCUT2D eigenvalue weighted by Gasteiger charge is 2.08. The minimum absolute atomic E-state index is 0. The number of carbonyl (C=O) groups is 1. The number of rotatable bonds is 3. The monoisotopic (exact) mass is 332 g/mol. The van der Waals surface area contributed by atoms with Gasteiger partial charge in [-0.2, -0.15) is 4.98 Å². The summed E-state index contributed by atoms with van der Waals surface area (Å²) < 4.78 is 0. The third kappa shape index (κ3) is 4.82. The van der Waals surface area contributed by atoms with Crippen molar-refractivity contribution >= 4 is 42.6 Å². The van der Waals surface area contributed by atoms with Gasteiger partial charge in [0.1, 0.15) is 0 Å². The summed E-state index contributed by atoms with van der Waals surface area (Å²) in [6.07, 6.45) is 0. The molecule has 0 radical (unpaired) electrons. The first-order valence-electron chi connectivity index (χ1n) is 5.23. The Morgan fingerprint density at radius 3 is 2.57 bits per heavy atom. The smallest absolute Gasteiger partial charge is 0.271 e. The van der Waals surface area contributed by atoms with Gasteiger partial charge in [0, 0.05) is 11.1 Å². The number of H-pyrrole nitrogens is 1. The number of carbonyl (C=O) groups excluding carboxylic acids is 1. The summed E-state index contributed by atoms with van der Waals surface area (Å²) in [5.41, 5.74) is 18.9. The van der Waals surface area contributed by atoms with Gasteiger partial charge in [-0.25, -0.2) is 5.43 Å². The molecule has 0 spiro atoms. The molecule has 114 valence electrons. The van der Waals surface area contributed by atoms with Crippen LogP contribution in [-0.4, -0.2) is 27.0 Å². The summed E-state index contributed by atoms with van der Waals surface area (Å²) in [5.74, 6) is -0.0744. The Balaban J connectivity index is 0.00000200. The van der Waals surface area contributed by atoms with Gasteiger partial charge in [-0.1, -0.05) is 12.1 Å². The lowest BCUT2D eigenvalue weighted by molar-refractivity contribution is 0.0954. The summed E-state index contributed by atoms with van der Waals surface area (Å²) in [7, 11) is 0. The van der Waals surface area contributed by atoms with Gasteiger partial charge >= 0.3 is 0 Å². The van der Waals surface area contributed by atoms with Crippen LogP contribution in [0.2, 0.25) is 0 Å². The van der Waals surface area contributed by atoms with Crippen LogP contribution in [0, 0.1) is 0 Å². The second-order valence-electron chi connectivity index (χ2n) is 3.60. The lowest BCUT2D eigenvalue weighted by atomic mass is 10.1. The topological polar surface area (TPSA) is 161 Å². The van der Waals surface area contributed by atoms with E-state index < -0.39 is 5.91 Å². The summed E-state index contributed by atoms with van der Waals surface area (Å²) in [4.78, 5) is 15.7. The Hall–Kier alpha value is -2.52. The number of guanidine groups is 1. The van der Waals surface area contributed by atoms with Crippen LogP contribution >= 0.6 is 24.8 Å². The van der Waals surface area contributed by atoms with Crippen molar-refractivity contribution in [1.29, 1.82) is 0 Å². The van der Waals surface area contributed by atoms with E-state index >= 15 is 0 Å². The zero-order valence-corrected chi connectivity index (χ0v) is 12.2. The molecule has 9 nitrogen and oxygen atoms in total. The van der Waals surface area contributed by atoms with Crippen LogP contribution in [0.15, 0.2) is 29.4 Å². The molecular formula is C10H14Cl2N8O. The number of benzene rings is 1. The van der Waals surface area contributed by atoms with Gasteiger partial charge in [-0.3, -0.25) is 9.89 Å². The molecule has 0 saturated heterocycles. The first kappa shape index (κ1) is 18.5. The van der Waals surface area contributed by atoms with Gasteiger partial charge in [0.25, 0.3) is 5.91 Å². The molecule has 1 aromatic carbocycles. The highest BCUT2D eigenvalue weighted by atomic mass is 35.5. The fourth-order valence-electron chi connectivity index (χ4n) is 1.39. The minimum Gasteiger partial charge on any atom is -0.369 e. The van der Waals surface area contributed by atoms with Crippen LogP contribution in [0.25, 0.3) is 11.4 Å². The molecule has 8 N–H and O–H groups in total. The maximum Gasteiger partial charge on any atom is 0.271 e. The van der Waals surface area contributed by atoms with Crippen LogP contribution in [0.5, 0.6) is 0 Å².